The molecule has 3 aromatic carbocycles. The summed E-state index contributed by atoms with van der Waals surface area (Å²) in [7, 11) is 0. The zero-order valence-electron chi connectivity index (χ0n) is 27.2. The Kier molecular flexibility index (Phi) is 11.0. The Morgan fingerprint density at radius 2 is 1.88 bits per heavy atom. The van der Waals surface area contributed by atoms with Gasteiger partial charge in [-0.2, -0.15) is 0 Å². The van der Waals surface area contributed by atoms with Crippen molar-refractivity contribution in [3.8, 4) is 17.2 Å². The van der Waals surface area contributed by atoms with E-state index in [0.717, 1.165) is 36.1 Å². The van der Waals surface area contributed by atoms with Crippen LogP contribution in [0, 0.1) is 0 Å². The van der Waals surface area contributed by atoms with Crippen LogP contribution >= 0.6 is 46.3 Å². The van der Waals surface area contributed by atoms with Gasteiger partial charge in [-0.25, -0.2) is 0 Å². The molecule has 4 aromatic rings. The number of anilines is 1. The largest absolute Gasteiger partial charge is 0.507 e. The molecule has 256 valence electrons. The summed E-state index contributed by atoms with van der Waals surface area (Å²) in [6.07, 6.45) is 3.67. The number of Topliss-reactive ketones (excluding diaryl/α,β-unsaturated/α-hetero) is 1. The summed E-state index contributed by atoms with van der Waals surface area (Å²) in [5.74, 6) is 0.309. The predicted molar refractivity (Wildman–Crippen MR) is 194 cm³/mol. The van der Waals surface area contributed by atoms with Crippen LogP contribution in [0.1, 0.15) is 68.3 Å². The molecule has 2 atom stereocenters. The zero-order chi connectivity index (χ0) is 34.7. The molecule has 2 aliphatic heterocycles. The molecule has 0 unspecified atom stereocenters. The summed E-state index contributed by atoms with van der Waals surface area (Å²) in [4.78, 5) is 29.0. The lowest BCUT2D eigenvalue weighted by Gasteiger charge is -2.23. The van der Waals surface area contributed by atoms with Gasteiger partial charge in [0.15, 0.2) is 15.8 Å². The summed E-state index contributed by atoms with van der Waals surface area (Å²) < 4.78 is 18.4. The summed E-state index contributed by atoms with van der Waals surface area (Å²) in [5.41, 5.74) is 2.67. The molecule has 3 heterocycles. The van der Waals surface area contributed by atoms with Crippen LogP contribution in [-0.2, 0) is 21.8 Å². The van der Waals surface area contributed by atoms with E-state index in [4.69, 9.17) is 37.4 Å². The molecular formula is C36H35Cl2N3O6S2. The number of ether oxygens (including phenoxy) is 3. The van der Waals surface area contributed by atoms with Crippen molar-refractivity contribution >= 4 is 68.9 Å². The molecule has 49 heavy (non-hydrogen) atoms. The summed E-state index contributed by atoms with van der Waals surface area (Å²) in [6, 6.07) is 14.9. The second kappa shape index (κ2) is 15.4. The number of unbranched alkanes of at least 4 members (excludes halogenated alkanes) is 2. The average Bonchev–Trinajstić information content (AvgIpc) is 3.77. The van der Waals surface area contributed by atoms with Gasteiger partial charge in [0, 0.05) is 27.8 Å². The number of thioether (sulfide) groups is 1. The van der Waals surface area contributed by atoms with Crippen LogP contribution in [-0.4, -0.2) is 46.3 Å². The highest BCUT2D eigenvalue weighted by Gasteiger charge is 2.48. The molecule has 1 amide bonds. The number of ketones is 1. The molecular weight excluding hydrogens is 705 g/mol. The lowest BCUT2D eigenvalue weighted by Crippen LogP contribution is -2.29. The monoisotopic (exact) mass is 739 g/mol. The first-order valence-corrected chi connectivity index (χ1v) is 18.6. The lowest BCUT2D eigenvalue weighted by atomic mass is 9.94. The zero-order valence-corrected chi connectivity index (χ0v) is 30.3. The van der Waals surface area contributed by atoms with E-state index in [2.05, 4.69) is 17.1 Å². The molecule has 1 aromatic heterocycles. The Morgan fingerprint density at radius 1 is 1.04 bits per heavy atom. The van der Waals surface area contributed by atoms with Crippen molar-refractivity contribution in [1.29, 1.82) is 0 Å². The molecule has 9 nitrogen and oxygen atoms in total. The third kappa shape index (κ3) is 7.55. The van der Waals surface area contributed by atoms with E-state index in [1.165, 1.54) is 28.0 Å². The van der Waals surface area contributed by atoms with Crippen LogP contribution in [0.4, 0.5) is 5.13 Å². The normalized spacial score (nSPS) is 18.1. The smallest absolute Gasteiger partial charge is 0.301 e. The Balaban J connectivity index is 1.40. The number of hydrogen-bond acceptors (Lipinski definition) is 10. The van der Waals surface area contributed by atoms with Crippen LogP contribution < -0.4 is 19.1 Å². The van der Waals surface area contributed by atoms with Crippen LogP contribution in [0.2, 0.25) is 10.0 Å². The van der Waals surface area contributed by atoms with E-state index in [1.54, 1.807) is 48.5 Å². The molecule has 1 N–H and O–H groups in total. The molecule has 6 rings (SSSR count). The third-order valence-corrected chi connectivity index (χ3v) is 10.9. The number of aromatic nitrogens is 2. The van der Waals surface area contributed by atoms with Crippen molar-refractivity contribution in [2.75, 3.05) is 18.1 Å². The molecule has 0 radical (unpaired) electrons. The maximum absolute atomic E-state index is 13.9. The van der Waals surface area contributed by atoms with E-state index in [9.17, 15) is 14.7 Å². The molecule has 1 saturated heterocycles. The molecule has 13 heteroatoms. The Hall–Kier alpha value is -3.77. The number of nitrogens with zero attached hydrogens (tertiary/aromatic N) is 3. The van der Waals surface area contributed by atoms with Crippen molar-refractivity contribution in [1.82, 2.24) is 10.2 Å². The molecule has 2 aliphatic rings. The Morgan fingerprint density at radius 3 is 2.65 bits per heavy atom. The fourth-order valence-electron chi connectivity index (χ4n) is 5.82. The predicted octanol–water partition coefficient (Wildman–Crippen LogP) is 9.05. The number of aliphatic hydroxyl groups is 1. The molecule has 0 spiro atoms. The minimum absolute atomic E-state index is 0.00199. The second-order valence-electron chi connectivity index (χ2n) is 11.7. The van der Waals surface area contributed by atoms with Gasteiger partial charge in [0.05, 0.1) is 24.8 Å². The Bertz CT molecular complexity index is 1920. The summed E-state index contributed by atoms with van der Waals surface area (Å²) in [5, 5.41) is 21.7. The molecule has 0 aliphatic carbocycles. The number of amides is 1. The quantitative estimate of drug-likeness (QED) is 0.0359. The van der Waals surface area contributed by atoms with Crippen molar-refractivity contribution in [2.45, 2.75) is 68.7 Å². The summed E-state index contributed by atoms with van der Waals surface area (Å²) >= 11 is 15.0. The van der Waals surface area contributed by atoms with E-state index < -0.39 is 17.7 Å². The lowest BCUT2D eigenvalue weighted by molar-refractivity contribution is -0.132. The third-order valence-electron chi connectivity index (χ3n) is 8.17. The van der Waals surface area contributed by atoms with Crippen LogP contribution in [0.25, 0.3) is 5.76 Å². The number of fused-ring (bicyclic) bond motifs is 1. The van der Waals surface area contributed by atoms with Gasteiger partial charge >= 0.3 is 5.91 Å². The molecule has 0 bridgehead atoms. The number of rotatable bonds is 13. The second-order valence-corrected chi connectivity index (χ2v) is 14.7. The maximum Gasteiger partial charge on any atom is 0.301 e. The number of benzene rings is 3. The van der Waals surface area contributed by atoms with E-state index >= 15 is 0 Å². The molecule has 0 saturated carbocycles. The highest BCUT2D eigenvalue weighted by atomic mass is 35.5. The molecule has 1 fully saturated rings. The Labute approximate surface area is 303 Å². The topological polar surface area (TPSA) is 111 Å². The van der Waals surface area contributed by atoms with Gasteiger partial charge in [-0.1, -0.05) is 78.2 Å². The van der Waals surface area contributed by atoms with Gasteiger partial charge in [-0.3, -0.25) is 14.5 Å². The van der Waals surface area contributed by atoms with Crippen molar-refractivity contribution in [3.63, 3.8) is 0 Å². The van der Waals surface area contributed by atoms with Gasteiger partial charge in [0.2, 0.25) is 5.13 Å². The van der Waals surface area contributed by atoms with Gasteiger partial charge in [0.1, 0.15) is 17.6 Å². The van der Waals surface area contributed by atoms with Crippen molar-refractivity contribution < 1.29 is 28.9 Å². The van der Waals surface area contributed by atoms with E-state index in [1.807, 2.05) is 19.9 Å². The van der Waals surface area contributed by atoms with Crippen LogP contribution in [0.3, 0.4) is 0 Å². The van der Waals surface area contributed by atoms with Gasteiger partial charge in [-0.15, -0.1) is 10.2 Å². The van der Waals surface area contributed by atoms with Gasteiger partial charge in [0.25, 0.3) is 5.78 Å². The SMILES string of the molecule is CCCCCOc1ccc([C@@H]2C(=C(O)c3ccc4c(c3)C[C@@H](C)O4)C(=O)C(=O)N2c2nnc(SCc3ccc(Cl)cc3Cl)s2)cc1OCC. The number of carbonyl (C=O) groups excluding carboxylic acids is 2. The van der Waals surface area contributed by atoms with E-state index in [0.29, 0.717) is 62.4 Å². The van der Waals surface area contributed by atoms with Crippen LogP contribution in [0.15, 0.2) is 64.5 Å². The first-order valence-electron chi connectivity index (χ1n) is 16.1. The van der Waals surface area contributed by atoms with Gasteiger partial charge < -0.3 is 19.3 Å². The number of halogens is 2. The number of carbonyl (C=O) groups is 2. The first-order chi connectivity index (χ1) is 23.7. The summed E-state index contributed by atoms with van der Waals surface area (Å²) in [6.45, 7) is 6.87. The standard InChI is InChI=1S/C36H35Cl2N3O6S2/c1-4-6-7-14-46-28-13-9-21(17-29(28)45-5-2)31-30(32(42)22-10-12-27-24(16-22)15-20(3)47-27)33(43)34(44)41(31)35-39-40-36(49-35)48-19-23-8-11-25(37)18-26(23)38/h8-13,16-18,20,31,42H,4-7,14-15,19H2,1-3H3/t20-,31-/m1/s1. The average molecular weight is 741 g/mol. The fourth-order valence-corrected chi connectivity index (χ4v) is 8.25. The van der Waals surface area contributed by atoms with E-state index in [-0.39, 0.29) is 22.6 Å². The van der Waals surface area contributed by atoms with Crippen LogP contribution in [0.5, 0.6) is 17.2 Å². The van der Waals surface area contributed by atoms with Crippen molar-refractivity contribution in [3.05, 3.63) is 92.5 Å². The van der Waals surface area contributed by atoms with Crippen molar-refractivity contribution in [2.24, 2.45) is 0 Å². The highest BCUT2D eigenvalue weighted by molar-refractivity contribution is 8.00. The number of hydrogen-bond donors (Lipinski definition) is 1. The fraction of sp³-hybridized carbons (Fsp3) is 0.333. The minimum atomic E-state index is -1.02. The minimum Gasteiger partial charge on any atom is -0.507 e. The first kappa shape index (κ1) is 35.1. The maximum atomic E-state index is 13.9. The van der Waals surface area contributed by atoms with Gasteiger partial charge in [-0.05, 0) is 79.4 Å². The highest BCUT2D eigenvalue weighted by Crippen LogP contribution is 2.46. The number of aliphatic hydroxyl groups excluding tert-OH is 1.